The lowest BCUT2D eigenvalue weighted by atomic mass is 9.98. The van der Waals surface area contributed by atoms with Gasteiger partial charge in [-0.2, -0.15) is 0 Å². The molecule has 0 aliphatic carbocycles. The van der Waals surface area contributed by atoms with Gasteiger partial charge in [0.25, 0.3) is 0 Å². The van der Waals surface area contributed by atoms with Crippen LogP contribution in [0.25, 0.3) is 53.1 Å². The first-order valence-electron chi connectivity index (χ1n) is 13.7. The molecule has 0 bridgehead atoms. The van der Waals surface area contributed by atoms with Gasteiger partial charge in [-0.3, -0.25) is 0 Å². The molecule has 0 amide bonds. The molecule has 2 aromatic heterocycles. The molecule has 0 N–H and O–H groups in total. The van der Waals surface area contributed by atoms with E-state index in [9.17, 15) is 0 Å². The fourth-order valence-electron chi connectivity index (χ4n) is 6.00. The van der Waals surface area contributed by atoms with E-state index < -0.39 is 7.14 Å². The minimum Gasteiger partial charge on any atom is -0.309 e. The van der Waals surface area contributed by atoms with E-state index in [4.69, 9.17) is 4.98 Å². The van der Waals surface area contributed by atoms with E-state index in [1.165, 1.54) is 25.6 Å². The molecule has 0 spiro atoms. The number of hydrogen-bond donors (Lipinski definition) is 0. The van der Waals surface area contributed by atoms with E-state index in [-0.39, 0.29) is 0 Å². The maximum atomic E-state index is 15.2. The van der Waals surface area contributed by atoms with Crippen molar-refractivity contribution in [1.82, 2.24) is 4.98 Å². The summed E-state index contributed by atoms with van der Waals surface area (Å²) in [5, 5.41) is 8.43. The van der Waals surface area contributed by atoms with Crippen LogP contribution in [0.2, 0.25) is 0 Å². The minimum atomic E-state index is -3.13. The van der Waals surface area contributed by atoms with Gasteiger partial charge in [0, 0.05) is 52.4 Å². The van der Waals surface area contributed by atoms with E-state index in [1.54, 1.807) is 0 Å². The lowest BCUT2D eigenvalue weighted by molar-refractivity contribution is 0.592. The summed E-state index contributed by atoms with van der Waals surface area (Å²) in [5.74, 6) is 0. The average Bonchev–Trinajstić information content (AvgIpc) is 3.44. The smallest absolute Gasteiger partial charge is 0.171 e. The van der Waals surface area contributed by atoms with Gasteiger partial charge in [0.2, 0.25) is 0 Å². The van der Waals surface area contributed by atoms with E-state index in [1.807, 2.05) is 90.2 Å². The van der Waals surface area contributed by atoms with Gasteiger partial charge in [-0.1, -0.05) is 127 Å². The Morgan fingerprint density at radius 2 is 1.12 bits per heavy atom. The first-order valence-corrected chi connectivity index (χ1v) is 16.2. The second-order valence-corrected chi connectivity index (χ2v) is 14.1. The fraction of sp³-hybridized carbons (Fsp3) is 0. The maximum Gasteiger partial charge on any atom is 0.171 e. The number of thiophene rings is 1. The molecule has 194 valence electrons. The summed E-state index contributed by atoms with van der Waals surface area (Å²) in [6.45, 7) is 0. The fourth-order valence-corrected chi connectivity index (χ4v) is 9.95. The summed E-state index contributed by atoms with van der Waals surface area (Å²) in [7, 11) is -3.13. The number of nitrogens with zero attached hydrogens (tertiary/aromatic N) is 1. The summed E-state index contributed by atoms with van der Waals surface area (Å²) in [4.78, 5) is 5.28. The molecule has 0 aliphatic heterocycles. The highest BCUT2D eigenvalue weighted by atomic mass is 32.1. The van der Waals surface area contributed by atoms with Gasteiger partial charge in [0.05, 0.1) is 11.2 Å². The van der Waals surface area contributed by atoms with Crippen LogP contribution in [0.4, 0.5) is 0 Å². The number of benzene rings is 6. The van der Waals surface area contributed by atoms with Crippen molar-refractivity contribution in [3.63, 3.8) is 0 Å². The average molecular weight is 562 g/mol. The van der Waals surface area contributed by atoms with Crippen molar-refractivity contribution in [3.8, 4) is 11.3 Å². The Balaban J connectivity index is 1.46. The zero-order chi connectivity index (χ0) is 27.4. The molecule has 8 aromatic rings. The standard InChI is InChI=1S/C37H24NOPS/c39-40(26-13-3-1-4-14-26,27-15-5-2-6-16-27)28-17-11-12-25(24-28)36-35-31(29-18-7-9-20-33(29)38-36)22-23-32-30-19-8-10-21-34(30)41-37(32)35/h1-24H. The third-order valence-electron chi connectivity index (χ3n) is 7.93. The van der Waals surface area contributed by atoms with Crippen LogP contribution in [0.15, 0.2) is 146 Å². The first-order chi connectivity index (χ1) is 20.2. The van der Waals surface area contributed by atoms with Crippen molar-refractivity contribution in [2.24, 2.45) is 0 Å². The van der Waals surface area contributed by atoms with Crippen LogP contribution in [0.3, 0.4) is 0 Å². The van der Waals surface area contributed by atoms with E-state index in [0.717, 1.165) is 43.5 Å². The lowest BCUT2D eigenvalue weighted by Crippen LogP contribution is -2.25. The van der Waals surface area contributed by atoms with Crippen LogP contribution in [-0.4, -0.2) is 4.98 Å². The van der Waals surface area contributed by atoms with Crippen molar-refractivity contribution >= 4 is 76.2 Å². The SMILES string of the molecule is O=P(c1ccccc1)(c1ccccc1)c1cccc(-c2nc3ccccc3c3ccc4c5ccccc5sc4c23)c1. The zero-order valence-electron chi connectivity index (χ0n) is 22.1. The Morgan fingerprint density at radius 3 is 1.88 bits per heavy atom. The third kappa shape index (κ3) is 3.78. The molecule has 0 aliphatic rings. The first kappa shape index (κ1) is 24.3. The highest BCUT2D eigenvalue weighted by molar-refractivity contribution is 7.85. The molecule has 2 nitrogen and oxygen atoms in total. The Hall–Kier alpha value is -4.56. The maximum absolute atomic E-state index is 15.2. The Bertz CT molecular complexity index is 2250. The molecule has 0 fully saturated rings. The monoisotopic (exact) mass is 561 g/mol. The Labute approximate surface area is 241 Å². The molecule has 0 saturated heterocycles. The van der Waals surface area contributed by atoms with Gasteiger partial charge in [0.15, 0.2) is 7.14 Å². The third-order valence-corrected chi connectivity index (χ3v) is 12.2. The summed E-state index contributed by atoms with van der Waals surface area (Å²) in [6.07, 6.45) is 0. The van der Waals surface area contributed by atoms with Crippen molar-refractivity contribution in [1.29, 1.82) is 0 Å². The number of fused-ring (bicyclic) bond motifs is 7. The molecular formula is C37H24NOPS. The number of aromatic nitrogens is 1. The van der Waals surface area contributed by atoms with Crippen LogP contribution >= 0.6 is 18.5 Å². The summed E-state index contributed by atoms with van der Waals surface area (Å²) in [6, 6.07) is 49.4. The van der Waals surface area contributed by atoms with E-state index in [2.05, 4.69) is 66.7 Å². The van der Waals surface area contributed by atoms with Gasteiger partial charge in [-0.15, -0.1) is 11.3 Å². The lowest BCUT2D eigenvalue weighted by Gasteiger charge is -2.21. The van der Waals surface area contributed by atoms with Crippen molar-refractivity contribution in [2.75, 3.05) is 0 Å². The van der Waals surface area contributed by atoms with Crippen molar-refractivity contribution < 1.29 is 4.57 Å². The quantitative estimate of drug-likeness (QED) is 0.158. The molecule has 6 aromatic carbocycles. The van der Waals surface area contributed by atoms with Gasteiger partial charge < -0.3 is 4.57 Å². The van der Waals surface area contributed by atoms with Crippen LogP contribution in [0, 0.1) is 0 Å². The largest absolute Gasteiger partial charge is 0.309 e. The van der Waals surface area contributed by atoms with E-state index in [0.29, 0.717) is 0 Å². The molecular weight excluding hydrogens is 537 g/mol. The van der Waals surface area contributed by atoms with Gasteiger partial charge >= 0.3 is 0 Å². The van der Waals surface area contributed by atoms with Gasteiger partial charge in [-0.05, 0) is 23.6 Å². The Morgan fingerprint density at radius 1 is 0.512 bits per heavy atom. The van der Waals surface area contributed by atoms with Crippen molar-refractivity contribution in [2.45, 2.75) is 0 Å². The number of hydrogen-bond acceptors (Lipinski definition) is 3. The highest BCUT2D eigenvalue weighted by Crippen LogP contribution is 2.46. The predicted molar refractivity (Wildman–Crippen MR) is 177 cm³/mol. The topological polar surface area (TPSA) is 30.0 Å². The molecule has 2 heterocycles. The van der Waals surface area contributed by atoms with Crippen LogP contribution in [-0.2, 0) is 4.57 Å². The predicted octanol–water partition coefficient (Wildman–Crippen LogP) is 9.06. The molecule has 8 rings (SSSR count). The summed E-state index contributed by atoms with van der Waals surface area (Å²) >= 11 is 1.82. The second-order valence-electron chi connectivity index (χ2n) is 10.3. The zero-order valence-corrected chi connectivity index (χ0v) is 23.8. The number of para-hydroxylation sites is 1. The Kier molecular flexibility index (Phi) is 5.63. The normalized spacial score (nSPS) is 12.0. The van der Waals surface area contributed by atoms with Crippen molar-refractivity contribution in [3.05, 3.63) is 146 Å². The molecule has 0 atom stereocenters. The number of rotatable bonds is 4. The molecule has 0 radical (unpaired) electrons. The molecule has 4 heteroatoms. The molecule has 0 saturated carbocycles. The number of pyridine rings is 1. The van der Waals surface area contributed by atoms with E-state index >= 15 is 4.57 Å². The molecule has 41 heavy (non-hydrogen) atoms. The van der Waals surface area contributed by atoms with Crippen LogP contribution in [0.5, 0.6) is 0 Å². The van der Waals surface area contributed by atoms with Crippen LogP contribution < -0.4 is 15.9 Å². The van der Waals surface area contributed by atoms with Gasteiger partial charge in [-0.25, -0.2) is 4.98 Å². The van der Waals surface area contributed by atoms with Crippen LogP contribution in [0.1, 0.15) is 0 Å². The van der Waals surface area contributed by atoms with Gasteiger partial charge in [0.1, 0.15) is 0 Å². The second kappa shape index (κ2) is 9.52. The summed E-state index contributed by atoms with van der Waals surface area (Å²) < 4.78 is 17.7. The summed E-state index contributed by atoms with van der Waals surface area (Å²) in [5.41, 5.74) is 2.84. The molecule has 0 unspecified atom stereocenters. The minimum absolute atomic E-state index is 0.805. The highest BCUT2D eigenvalue weighted by Gasteiger charge is 2.30.